The second-order valence-corrected chi connectivity index (χ2v) is 5.73. The van der Waals surface area contributed by atoms with Gasteiger partial charge in [-0.05, 0) is 6.92 Å². The Bertz CT molecular complexity index is 447. The Kier molecular flexibility index (Phi) is 2.53. The van der Waals surface area contributed by atoms with Gasteiger partial charge in [0.1, 0.15) is 17.2 Å². The first-order valence-corrected chi connectivity index (χ1v) is 6.24. The molecule has 0 spiro atoms. The van der Waals surface area contributed by atoms with Crippen LogP contribution in [0.15, 0.2) is 10.6 Å². The molecular weight excluding hydrogens is 218 g/mol. The summed E-state index contributed by atoms with van der Waals surface area (Å²) < 4.78 is 29.6. The molecule has 0 aliphatic carbocycles. The first-order valence-electron chi connectivity index (χ1n) is 4.63. The van der Waals surface area contributed by atoms with E-state index in [0.29, 0.717) is 24.5 Å². The number of hydrogen-bond acceptors (Lipinski definition) is 5. The van der Waals surface area contributed by atoms with Crippen LogP contribution in [-0.4, -0.2) is 37.0 Å². The van der Waals surface area contributed by atoms with Crippen LogP contribution in [0.4, 0.5) is 0 Å². The van der Waals surface area contributed by atoms with Crippen LogP contribution in [0.3, 0.4) is 0 Å². The fraction of sp³-hybridized carbons (Fsp3) is 0.625. The minimum Gasteiger partial charge on any atom is -0.361 e. The molecular formula is C8H13N3O3S. The smallest absolute Gasteiger partial charge is 0.220 e. The molecule has 0 unspecified atom stereocenters. The van der Waals surface area contributed by atoms with E-state index in [1.807, 2.05) is 0 Å². The first-order chi connectivity index (χ1) is 6.97. The highest BCUT2D eigenvalue weighted by molar-refractivity contribution is 7.88. The Morgan fingerprint density at radius 1 is 1.67 bits per heavy atom. The molecule has 2 rings (SSSR count). The average molecular weight is 231 g/mol. The molecule has 0 atom stereocenters. The quantitative estimate of drug-likeness (QED) is 0.754. The third-order valence-electron chi connectivity index (χ3n) is 2.28. The maximum atomic E-state index is 11.7. The fourth-order valence-electron chi connectivity index (χ4n) is 1.46. The molecule has 7 heteroatoms. The van der Waals surface area contributed by atoms with Crippen LogP contribution in [0.1, 0.15) is 11.5 Å². The van der Waals surface area contributed by atoms with Crippen molar-refractivity contribution in [1.82, 2.24) is 9.46 Å². The summed E-state index contributed by atoms with van der Waals surface area (Å²) in [7, 11) is -3.27. The molecule has 0 saturated carbocycles. The molecule has 2 N–H and O–H groups in total. The monoisotopic (exact) mass is 231 g/mol. The first kappa shape index (κ1) is 10.6. The summed E-state index contributed by atoms with van der Waals surface area (Å²) in [4.78, 5) is 0. The van der Waals surface area contributed by atoms with Crippen LogP contribution in [0, 0.1) is 6.92 Å². The van der Waals surface area contributed by atoms with E-state index in [-0.39, 0.29) is 11.8 Å². The largest absolute Gasteiger partial charge is 0.361 e. The van der Waals surface area contributed by atoms with Crippen LogP contribution in [-0.2, 0) is 15.8 Å². The van der Waals surface area contributed by atoms with Crippen molar-refractivity contribution in [2.45, 2.75) is 18.7 Å². The van der Waals surface area contributed by atoms with E-state index < -0.39 is 10.0 Å². The van der Waals surface area contributed by atoms with Gasteiger partial charge >= 0.3 is 0 Å². The van der Waals surface area contributed by atoms with Crippen LogP contribution >= 0.6 is 0 Å². The lowest BCUT2D eigenvalue weighted by Gasteiger charge is -2.35. The molecule has 1 aromatic rings. The van der Waals surface area contributed by atoms with Gasteiger partial charge in [0.2, 0.25) is 10.0 Å². The molecule has 6 nitrogen and oxygen atoms in total. The van der Waals surface area contributed by atoms with Crippen molar-refractivity contribution in [3.05, 3.63) is 17.5 Å². The molecule has 0 bridgehead atoms. The molecule has 0 radical (unpaired) electrons. The predicted octanol–water partition coefficient (Wildman–Crippen LogP) is -0.544. The number of rotatable bonds is 3. The van der Waals surface area contributed by atoms with Crippen molar-refractivity contribution in [2.24, 2.45) is 5.73 Å². The van der Waals surface area contributed by atoms with E-state index in [1.165, 1.54) is 4.31 Å². The van der Waals surface area contributed by atoms with E-state index in [1.54, 1.807) is 13.0 Å². The Balaban J connectivity index is 2.05. The number of nitrogens with zero attached hydrogens (tertiary/aromatic N) is 2. The molecule has 1 saturated heterocycles. The lowest BCUT2D eigenvalue weighted by Crippen LogP contribution is -2.57. The highest BCUT2D eigenvalue weighted by atomic mass is 32.2. The minimum atomic E-state index is -3.27. The summed E-state index contributed by atoms with van der Waals surface area (Å²) in [5.74, 6) is 0.498. The topological polar surface area (TPSA) is 89.4 Å². The molecule has 84 valence electrons. The molecule has 1 aliphatic heterocycles. The number of sulfonamides is 1. The summed E-state index contributed by atoms with van der Waals surface area (Å²) >= 11 is 0. The molecule has 1 aromatic heterocycles. The van der Waals surface area contributed by atoms with Crippen LogP contribution in [0.2, 0.25) is 0 Å². The van der Waals surface area contributed by atoms with Gasteiger partial charge in [0.25, 0.3) is 0 Å². The molecule has 0 aromatic carbocycles. The summed E-state index contributed by atoms with van der Waals surface area (Å²) in [6.45, 7) is 2.53. The van der Waals surface area contributed by atoms with E-state index in [2.05, 4.69) is 5.16 Å². The minimum absolute atomic E-state index is 0.0289. The summed E-state index contributed by atoms with van der Waals surface area (Å²) in [5, 5.41) is 3.65. The Morgan fingerprint density at radius 3 is 2.80 bits per heavy atom. The van der Waals surface area contributed by atoms with Gasteiger partial charge in [0, 0.05) is 25.2 Å². The number of aromatic nitrogens is 1. The zero-order valence-electron chi connectivity index (χ0n) is 8.38. The van der Waals surface area contributed by atoms with Gasteiger partial charge in [-0.15, -0.1) is 0 Å². The van der Waals surface area contributed by atoms with Crippen LogP contribution in [0.5, 0.6) is 0 Å². The molecule has 15 heavy (non-hydrogen) atoms. The van der Waals surface area contributed by atoms with E-state index in [0.717, 1.165) is 0 Å². The van der Waals surface area contributed by atoms with Gasteiger partial charge in [-0.1, -0.05) is 5.16 Å². The number of nitrogens with two attached hydrogens (primary N) is 1. The van der Waals surface area contributed by atoms with Gasteiger partial charge in [0.15, 0.2) is 0 Å². The summed E-state index contributed by atoms with van der Waals surface area (Å²) in [5.41, 5.74) is 5.96. The van der Waals surface area contributed by atoms with E-state index in [9.17, 15) is 8.42 Å². The molecule has 2 heterocycles. The Hall–Kier alpha value is -0.920. The van der Waals surface area contributed by atoms with Crippen molar-refractivity contribution in [1.29, 1.82) is 0 Å². The average Bonchev–Trinajstić information content (AvgIpc) is 2.44. The van der Waals surface area contributed by atoms with Crippen molar-refractivity contribution >= 4 is 10.0 Å². The van der Waals surface area contributed by atoms with E-state index >= 15 is 0 Å². The summed E-state index contributed by atoms with van der Waals surface area (Å²) in [6.07, 6.45) is 0. The van der Waals surface area contributed by atoms with Crippen molar-refractivity contribution in [3.63, 3.8) is 0 Å². The fourth-order valence-corrected chi connectivity index (χ4v) is 2.99. The number of aryl methyl sites for hydroxylation is 1. The maximum Gasteiger partial charge on any atom is 0.220 e. The second-order valence-electron chi connectivity index (χ2n) is 3.76. The van der Waals surface area contributed by atoms with E-state index in [4.69, 9.17) is 10.3 Å². The van der Waals surface area contributed by atoms with Crippen molar-refractivity contribution in [3.8, 4) is 0 Å². The second kappa shape index (κ2) is 3.58. The van der Waals surface area contributed by atoms with Crippen LogP contribution < -0.4 is 5.73 Å². The van der Waals surface area contributed by atoms with Gasteiger partial charge in [-0.3, -0.25) is 0 Å². The lowest BCUT2D eigenvalue weighted by molar-refractivity contribution is 0.265. The highest BCUT2D eigenvalue weighted by Crippen LogP contribution is 2.16. The van der Waals surface area contributed by atoms with Gasteiger partial charge in [-0.2, -0.15) is 4.31 Å². The van der Waals surface area contributed by atoms with Crippen LogP contribution in [0.25, 0.3) is 0 Å². The van der Waals surface area contributed by atoms with Crippen molar-refractivity contribution in [2.75, 3.05) is 13.1 Å². The molecule has 1 fully saturated rings. The number of hydrogen-bond donors (Lipinski definition) is 1. The lowest BCUT2D eigenvalue weighted by atomic mass is 10.2. The normalized spacial score (nSPS) is 19.1. The van der Waals surface area contributed by atoms with Gasteiger partial charge < -0.3 is 10.3 Å². The highest BCUT2D eigenvalue weighted by Gasteiger charge is 2.33. The Labute approximate surface area is 88.1 Å². The molecule has 1 aliphatic rings. The summed E-state index contributed by atoms with van der Waals surface area (Å²) in [6, 6.07) is 1.59. The molecule has 0 amide bonds. The SMILES string of the molecule is Cc1cc(CS(=O)(=O)N2CC(N)C2)no1. The predicted molar refractivity (Wildman–Crippen MR) is 53.4 cm³/mol. The zero-order valence-corrected chi connectivity index (χ0v) is 9.20. The van der Waals surface area contributed by atoms with Crippen molar-refractivity contribution < 1.29 is 12.9 Å². The third kappa shape index (κ3) is 2.19. The standard InChI is InChI=1S/C8H13N3O3S/c1-6-2-8(10-14-6)5-15(12,13)11-3-7(9)4-11/h2,7H,3-5,9H2,1H3. The van der Waals surface area contributed by atoms with Gasteiger partial charge in [-0.25, -0.2) is 8.42 Å². The Morgan fingerprint density at radius 2 is 2.33 bits per heavy atom. The van der Waals surface area contributed by atoms with Gasteiger partial charge in [0.05, 0.1) is 0 Å². The zero-order chi connectivity index (χ0) is 11.1. The third-order valence-corrected chi connectivity index (χ3v) is 4.02. The maximum absolute atomic E-state index is 11.7.